The van der Waals surface area contributed by atoms with Crippen LogP contribution in [0.5, 0.6) is 0 Å². The second-order valence-electron chi connectivity index (χ2n) is 14.5. The molecule has 0 bridgehead atoms. The largest absolute Gasteiger partial charge is 0.369 e. The highest BCUT2D eigenvalue weighted by atomic mass is 35.5. The lowest BCUT2D eigenvalue weighted by atomic mass is 9.99. The number of aromatic nitrogens is 2. The van der Waals surface area contributed by atoms with Crippen LogP contribution in [0.25, 0.3) is 22.0 Å². The monoisotopic (exact) mass is 836 g/mol. The molecular formula is C43H45ClN8O4S2. The maximum atomic E-state index is 13.8. The second-order valence-corrected chi connectivity index (χ2v) is 16.9. The van der Waals surface area contributed by atoms with Gasteiger partial charge < -0.3 is 14.7 Å². The van der Waals surface area contributed by atoms with Gasteiger partial charge in [-0.15, -0.1) is 0 Å². The van der Waals surface area contributed by atoms with E-state index in [9.17, 15) is 18.5 Å². The third-order valence-electron chi connectivity index (χ3n) is 10.5. The summed E-state index contributed by atoms with van der Waals surface area (Å²) in [4.78, 5) is 29.1. The van der Waals surface area contributed by atoms with Crippen LogP contribution in [0.2, 0.25) is 5.02 Å². The van der Waals surface area contributed by atoms with Crippen LogP contribution in [0.3, 0.4) is 0 Å². The van der Waals surface area contributed by atoms with Gasteiger partial charge >= 0.3 is 0 Å². The molecule has 15 heteroatoms. The van der Waals surface area contributed by atoms with E-state index in [1.165, 1.54) is 29.6 Å². The van der Waals surface area contributed by atoms with Gasteiger partial charge in [-0.1, -0.05) is 78.3 Å². The molecule has 1 aliphatic heterocycles. The molecule has 2 heterocycles. The molecule has 58 heavy (non-hydrogen) atoms. The van der Waals surface area contributed by atoms with Crippen molar-refractivity contribution in [2.24, 2.45) is 0 Å². The highest BCUT2D eigenvalue weighted by molar-refractivity contribution is 7.92. The number of nitrogens with zero attached hydrogens (tertiary/aromatic N) is 7. The van der Waals surface area contributed by atoms with Gasteiger partial charge in [0.1, 0.15) is 12.0 Å². The minimum Gasteiger partial charge on any atom is -0.369 e. The van der Waals surface area contributed by atoms with Crippen LogP contribution in [-0.2, 0) is 16.6 Å². The van der Waals surface area contributed by atoms with Gasteiger partial charge in [-0.2, -0.15) is 12.6 Å². The zero-order valence-electron chi connectivity index (χ0n) is 32.3. The standard InChI is InChI=1S/C43H45ClN8O4S2/c1-48(2)21-20-40(32-8-4-3-5-9-32)51(30-57)41-19-17-36(27-42(41)52(53)54)58(55,56)47-43-38-18-16-35(26-39(38)45-29-46-43)50-24-22-49(23-25-50)28-33-10-6-7-11-37(33)31-12-14-34(44)15-13-31/h3-19,26-27,29,40,57H,20-25,28,30H2,1-2H3,(H,45,46,47)/t40-/m1/s1. The Labute approximate surface area is 349 Å². The molecule has 0 amide bonds. The summed E-state index contributed by atoms with van der Waals surface area (Å²) in [7, 11) is -0.363. The molecule has 0 spiro atoms. The van der Waals surface area contributed by atoms with Crippen LogP contribution in [0, 0.1) is 10.1 Å². The SMILES string of the molecule is CN(C)CC[C@H](c1ccccc1)N(CS)c1ccc(S(=O)(=O)Nc2ncnc3cc(N4CCN(Cc5ccccc5-c5ccc(Cl)cc5)CC4)ccc23)cc1[N+](=O)[O-]. The quantitative estimate of drug-likeness (QED) is 0.0451. The van der Waals surface area contributed by atoms with E-state index in [1.54, 1.807) is 0 Å². The molecule has 0 saturated carbocycles. The van der Waals surface area contributed by atoms with Crippen molar-refractivity contribution < 1.29 is 13.3 Å². The molecule has 1 aromatic heterocycles. The predicted molar refractivity (Wildman–Crippen MR) is 237 cm³/mol. The normalized spacial score (nSPS) is 14.1. The van der Waals surface area contributed by atoms with Crippen molar-refractivity contribution >= 4 is 68.0 Å². The van der Waals surface area contributed by atoms with Gasteiger partial charge in [-0.05, 0) is 91.8 Å². The van der Waals surface area contributed by atoms with Crippen molar-refractivity contribution in [2.75, 3.05) is 67.2 Å². The zero-order chi connectivity index (χ0) is 40.8. The molecule has 6 aromatic rings. The summed E-state index contributed by atoms with van der Waals surface area (Å²) in [5, 5.41) is 13.7. The molecule has 0 radical (unpaired) electrons. The van der Waals surface area contributed by atoms with Gasteiger partial charge in [0.15, 0.2) is 5.82 Å². The van der Waals surface area contributed by atoms with Gasteiger partial charge in [0.25, 0.3) is 15.7 Å². The lowest BCUT2D eigenvalue weighted by molar-refractivity contribution is -0.384. The second kappa shape index (κ2) is 18.1. The van der Waals surface area contributed by atoms with E-state index in [4.69, 9.17) is 11.6 Å². The molecule has 1 aliphatic rings. The molecule has 1 fully saturated rings. The minimum atomic E-state index is -4.30. The number of nitrogens with one attached hydrogen (secondary N) is 1. The number of hydrogen-bond donors (Lipinski definition) is 2. The molecule has 12 nitrogen and oxygen atoms in total. The van der Waals surface area contributed by atoms with Crippen LogP contribution in [0.4, 0.5) is 22.9 Å². The minimum absolute atomic E-state index is 0.0808. The van der Waals surface area contributed by atoms with Crippen molar-refractivity contribution in [3.05, 3.63) is 148 Å². The Kier molecular flexibility index (Phi) is 12.8. The molecule has 300 valence electrons. The Balaban J connectivity index is 1.07. The summed E-state index contributed by atoms with van der Waals surface area (Å²) in [6.45, 7) is 4.88. The van der Waals surface area contributed by atoms with Gasteiger partial charge in [0.2, 0.25) is 0 Å². The predicted octanol–water partition coefficient (Wildman–Crippen LogP) is 8.37. The molecule has 0 aliphatic carbocycles. The first-order valence-electron chi connectivity index (χ1n) is 18.9. The van der Waals surface area contributed by atoms with Crippen LogP contribution in [-0.4, -0.2) is 85.8 Å². The number of piperazine rings is 1. The molecule has 5 aromatic carbocycles. The first-order valence-corrected chi connectivity index (χ1v) is 21.4. The number of halogens is 1. The van der Waals surface area contributed by atoms with Gasteiger partial charge in [0, 0.05) is 54.9 Å². The van der Waals surface area contributed by atoms with Crippen molar-refractivity contribution in [1.82, 2.24) is 19.8 Å². The maximum absolute atomic E-state index is 13.8. The van der Waals surface area contributed by atoms with E-state index in [-0.39, 0.29) is 34.0 Å². The molecule has 1 N–H and O–H groups in total. The highest BCUT2D eigenvalue weighted by Gasteiger charge is 2.29. The number of anilines is 3. The topological polar surface area (TPSA) is 128 Å². The Bertz CT molecular complexity index is 2490. The summed E-state index contributed by atoms with van der Waals surface area (Å²) < 4.78 is 30.3. The molecule has 7 rings (SSSR count). The number of thiol groups is 1. The van der Waals surface area contributed by atoms with E-state index in [1.807, 2.05) is 84.6 Å². The summed E-state index contributed by atoms with van der Waals surface area (Å²) in [6.07, 6.45) is 1.98. The van der Waals surface area contributed by atoms with Crippen LogP contribution >= 0.6 is 24.2 Å². The average Bonchev–Trinajstić information content (AvgIpc) is 3.23. The number of sulfonamides is 1. The molecule has 1 atom stereocenters. The Morgan fingerprint density at radius 2 is 1.62 bits per heavy atom. The molecule has 1 saturated heterocycles. The fraction of sp³-hybridized carbons (Fsp3) is 0.256. The number of fused-ring (bicyclic) bond motifs is 1. The summed E-state index contributed by atoms with van der Waals surface area (Å²) in [6, 6.07) is 35.5. The number of hydrogen-bond acceptors (Lipinski definition) is 11. The highest BCUT2D eigenvalue weighted by Crippen LogP contribution is 2.38. The first kappa shape index (κ1) is 40.9. The average molecular weight is 837 g/mol. The maximum Gasteiger partial charge on any atom is 0.293 e. The summed E-state index contributed by atoms with van der Waals surface area (Å²) >= 11 is 10.7. The lowest BCUT2D eigenvalue weighted by Crippen LogP contribution is -2.46. The third-order valence-corrected chi connectivity index (χ3v) is 12.4. The van der Waals surface area contributed by atoms with Crippen LogP contribution < -0.4 is 14.5 Å². The van der Waals surface area contributed by atoms with E-state index in [0.29, 0.717) is 22.3 Å². The van der Waals surface area contributed by atoms with Crippen LogP contribution in [0.15, 0.2) is 126 Å². The van der Waals surface area contributed by atoms with Gasteiger partial charge in [-0.25, -0.2) is 18.4 Å². The number of nitro benzene ring substituents is 1. The van der Waals surface area contributed by atoms with Gasteiger partial charge in [-0.3, -0.25) is 19.7 Å². The lowest BCUT2D eigenvalue weighted by Gasteiger charge is -2.36. The van der Waals surface area contributed by atoms with Crippen molar-refractivity contribution in [3.63, 3.8) is 0 Å². The zero-order valence-corrected chi connectivity index (χ0v) is 34.7. The molecular weight excluding hydrogens is 792 g/mol. The van der Waals surface area contributed by atoms with Gasteiger partial charge in [0.05, 0.1) is 27.3 Å². The first-order chi connectivity index (χ1) is 28.0. The Hall–Kier alpha value is -5.25. The van der Waals surface area contributed by atoms with Crippen LogP contribution in [0.1, 0.15) is 23.6 Å². The van der Waals surface area contributed by atoms with E-state index in [2.05, 4.69) is 73.5 Å². The van der Waals surface area contributed by atoms with E-state index >= 15 is 0 Å². The fourth-order valence-corrected chi connectivity index (χ4v) is 8.97. The number of rotatable bonds is 15. The van der Waals surface area contributed by atoms with Crippen molar-refractivity contribution in [1.29, 1.82) is 0 Å². The Morgan fingerprint density at radius 3 is 2.33 bits per heavy atom. The number of benzene rings is 5. The summed E-state index contributed by atoms with van der Waals surface area (Å²) in [5.74, 6) is 0.250. The third kappa shape index (κ3) is 9.38. The fourth-order valence-electron chi connectivity index (χ4n) is 7.44. The summed E-state index contributed by atoms with van der Waals surface area (Å²) in [5.41, 5.74) is 6.03. The van der Waals surface area contributed by atoms with Crippen molar-refractivity contribution in [3.8, 4) is 11.1 Å². The Morgan fingerprint density at radius 1 is 0.897 bits per heavy atom. The van der Waals surface area contributed by atoms with E-state index < -0.39 is 14.9 Å². The number of nitro groups is 1. The van der Waals surface area contributed by atoms with E-state index in [0.717, 1.165) is 62.1 Å². The van der Waals surface area contributed by atoms with Crippen molar-refractivity contribution in [2.45, 2.75) is 23.9 Å². The molecule has 0 unspecified atom stereocenters. The smallest absolute Gasteiger partial charge is 0.293 e.